The van der Waals surface area contributed by atoms with Crippen LogP contribution in [-0.2, 0) is 6.42 Å². The normalized spacial score (nSPS) is 30.8. The highest BCUT2D eigenvalue weighted by Gasteiger charge is 2.34. The van der Waals surface area contributed by atoms with Gasteiger partial charge in [0.2, 0.25) is 0 Å². The van der Waals surface area contributed by atoms with Gasteiger partial charge in [0.1, 0.15) is 6.01 Å². The summed E-state index contributed by atoms with van der Waals surface area (Å²) in [6.07, 6.45) is 11.5. The van der Waals surface area contributed by atoms with Crippen molar-refractivity contribution in [3.8, 4) is 0 Å². The summed E-state index contributed by atoms with van der Waals surface area (Å²) in [5, 5.41) is 0. The molecule has 0 spiro atoms. The minimum atomic E-state index is 0.590. The lowest BCUT2D eigenvalue weighted by molar-refractivity contribution is 0.227. The van der Waals surface area contributed by atoms with Crippen LogP contribution in [0.15, 0.2) is 46.4 Å². The Morgan fingerprint density at radius 2 is 1.18 bits per heavy atom. The number of hydrogen-bond acceptors (Lipinski definition) is 2. The first-order valence-electron chi connectivity index (χ1n) is 14.0. The third kappa shape index (κ3) is 4.55. The molecule has 2 saturated carbocycles. The molecule has 4 bridgehead atoms. The lowest BCUT2D eigenvalue weighted by Gasteiger charge is -2.37. The molecular weight excluding hydrogens is 412 g/mol. The van der Waals surface area contributed by atoms with E-state index in [4.69, 9.17) is 9.98 Å². The molecule has 0 amide bonds. The van der Waals surface area contributed by atoms with Gasteiger partial charge in [-0.25, -0.2) is 0 Å². The van der Waals surface area contributed by atoms with Crippen molar-refractivity contribution in [2.75, 3.05) is 0 Å². The van der Waals surface area contributed by atoms with Crippen molar-refractivity contribution in [3.05, 3.63) is 58.7 Å². The Hall–Kier alpha value is -2.18. The largest absolute Gasteiger partial charge is 0.187 e. The van der Waals surface area contributed by atoms with Crippen molar-refractivity contribution in [1.29, 1.82) is 0 Å². The van der Waals surface area contributed by atoms with Crippen LogP contribution in [0.3, 0.4) is 0 Å². The monoisotopic (exact) mass is 454 g/mol. The molecule has 2 heteroatoms. The smallest absolute Gasteiger partial charge is 0.100 e. The fourth-order valence-electron chi connectivity index (χ4n) is 7.62. The third-order valence-electron chi connectivity index (χ3n) is 9.41. The van der Waals surface area contributed by atoms with Gasteiger partial charge in [0.25, 0.3) is 0 Å². The molecule has 0 radical (unpaired) electrons. The number of aliphatic imine (C=N–C) groups is 2. The van der Waals surface area contributed by atoms with Gasteiger partial charge in [0.15, 0.2) is 0 Å². The molecule has 2 aromatic carbocycles. The van der Waals surface area contributed by atoms with E-state index in [-0.39, 0.29) is 0 Å². The predicted octanol–water partition coefficient (Wildman–Crippen LogP) is 9.59. The maximum absolute atomic E-state index is 4.87. The molecule has 4 aliphatic heterocycles. The fraction of sp³-hybridized carbons (Fsp3) is 0.594. The van der Waals surface area contributed by atoms with Gasteiger partial charge in [-0.15, -0.1) is 0 Å². The fourth-order valence-corrected chi connectivity index (χ4v) is 7.62. The highest BCUT2D eigenvalue weighted by atomic mass is 14.8. The van der Waals surface area contributed by atoms with E-state index in [9.17, 15) is 0 Å². The molecule has 4 heterocycles. The molecular formula is C32H42N2. The molecule has 6 aliphatic rings. The van der Waals surface area contributed by atoms with Crippen LogP contribution in [0.1, 0.15) is 113 Å². The van der Waals surface area contributed by atoms with Crippen molar-refractivity contribution in [2.24, 2.45) is 33.7 Å². The lowest BCUT2D eigenvalue weighted by atomic mass is 9.68. The van der Waals surface area contributed by atoms with E-state index in [0.717, 1.165) is 29.6 Å². The van der Waals surface area contributed by atoms with Gasteiger partial charge in [-0.2, -0.15) is 9.98 Å². The first-order chi connectivity index (χ1) is 16.6. The van der Waals surface area contributed by atoms with E-state index >= 15 is 0 Å². The second kappa shape index (κ2) is 10.2. The molecule has 8 rings (SSSR count). The van der Waals surface area contributed by atoms with E-state index in [1.54, 1.807) is 0 Å². The molecule has 2 fully saturated rings. The Balaban J connectivity index is 1.59. The molecule has 2 nitrogen and oxygen atoms in total. The summed E-state index contributed by atoms with van der Waals surface area (Å²) >= 11 is 0. The lowest BCUT2D eigenvalue weighted by Crippen LogP contribution is -2.25. The number of hydrogen-bond donors (Lipinski definition) is 0. The second-order valence-corrected chi connectivity index (χ2v) is 11.5. The van der Waals surface area contributed by atoms with Crippen LogP contribution in [0.5, 0.6) is 0 Å². The zero-order valence-corrected chi connectivity index (χ0v) is 21.7. The van der Waals surface area contributed by atoms with E-state index in [1.807, 2.05) is 0 Å². The van der Waals surface area contributed by atoms with Crippen LogP contribution >= 0.6 is 0 Å². The molecule has 180 valence electrons. The minimum absolute atomic E-state index is 0.590. The molecule has 0 aromatic heterocycles. The Morgan fingerprint density at radius 3 is 1.62 bits per heavy atom. The Bertz CT molecular complexity index is 995. The number of nitrogens with zero attached hydrogens (tertiary/aromatic N) is 2. The molecule has 2 aliphatic carbocycles. The van der Waals surface area contributed by atoms with Crippen molar-refractivity contribution in [3.63, 3.8) is 0 Å². The standard InChI is InChI=1S/C32H42N2/c1-5-25-11-7-9-21(3)31(25)27-18-23-13-15-29(27)33-20-34-30-16-14-24(17-23)19-28(30)32-22(4)10-8-12-26(32)6-2/h13-16,18-19,21-22,25-26,31-32H,5-12,17H2,1-4H3. The van der Waals surface area contributed by atoms with E-state index in [0.29, 0.717) is 23.7 Å². The molecule has 0 N–H and O–H groups in total. The summed E-state index contributed by atoms with van der Waals surface area (Å²) in [6.45, 7) is 9.62. The van der Waals surface area contributed by atoms with E-state index in [2.05, 4.69) is 70.1 Å². The van der Waals surface area contributed by atoms with Gasteiger partial charge in [-0.3, -0.25) is 0 Å². The molecule has 6 atom stereocenters. The maximum atomic E-state index is 4.87. The summed E-state index contributed by atoms with van der Waals surface area (Å²) in [5.74, 6) is 4.09. The Morgan fingerprint density at radius 1 is 0.706 bits per heavy atom. The van der Waals surface area contributed by atoms with Crippen molar-refractivity contribution >= 4 is 17.4 Å². The number of rotatable bonds is 4. The minimum Gasteiger partial charge on any atom is -0.187 e. The summed E-state index contributed by atoms with van der Waals surface area (Å²) < 4.78 is 0. The topological polar surface area (TPSA) is 24.7 Å². The Kier molecular flexibility index (Phi) is 7.07. The molecule has 2 aromatic rings. The zero-order chi connectivity index (χ0) is 23.7. The van der Waals surface area contributed by atoms with Crippen LogP contribution in [0.25, 0.3) is 0 Å². The number of benzene rings is 2. The van der Waals surface area contributed by atoms with Crippen LogP contribution < -0.4 is 0 Å². The summed E-state index contributed by atoms with van der Waals surface area (Å²) in [6, 6.07) is 17.1. The van der Waals surface area contributed by atoms with Crippen LogP contribution in [-0.4, -0.2) is 6.01 Å². The second-order valence-electron chi connectivity index (χ2n) is 11.5. The average molecular weight is 455 g/mol. The maximum Gasteiger partial charge on any atom is 0.100 e. The summed E-state index contributed by atoms with van der Waals surface area (Å²) in [7, 11) is 0. The molecule has 0 saturated heterocycles. The highest BCUT2D eigenvalue weighted by molar-refractivity contribution is 5.64. The van der Waals surface area contributed by atoms with Gasteiger partial charge in [0.05, 0.1) is 11.4 Å². The molecule has 6 unspecified atom stereocenters. The quantitative estimate of drug-likeness (QED) is 0.375. The predicted molar refractivity (Wildman–Crippen MR) is 144 cm³/mol. The van der Waals surface area contributed by atoms with Crippen molar-refractivity contribution in [1.82, 2.24) is 0 Å². The van der Waals surface area contributed by atoms with Crippen LogP contribution in [0.2, 0.25) is 0 Å². The van der Waals surface area contributed by atoms with Gasteiger partial charge in [-0.1, -0.05) is 90.5 Å². The highest BCUT2D eigenvalue weighted by Crippen LogP contribution is 2.48. The Labute approximate surface area is 207 Å². The molecule has 34 heavy (non-hydrogen) atoms. The van der Waals surface area contributed by atoms with E-state index < -0.39 is 0 Å². The van der Waals surface area contributed by atoms with Crippen molar-refractivity contribution < 1.29 is 0 Å². The average Bonchev–Trinajstić information content (AvgIpc) is 2.84. The van der Waals surface area contributed by atoms with Crippen LogP contribution in [0, 0.1) is 23.7 Å². The van der Waals surface area contributed by atoms with Gasteiger partial charge in [-0.05, 0) is 89.2 Å². The first kappa shape index (κ1) is 23.6. The first-order valence-corrected chi connectivity index (χ1v) is 14.0. The van der Waals surface area contributed by atoms with E-state index in [1.165, 1.54) is 73.6 Å². The van der Waals surface area contributed by atoms with Gasteiger partial charge in [0, 0.05) is 0 Å². The van der Waals surface area contributed by atoms with Gasteiger partial charge < -0.3 is 0 Å². The summed E-state index contributed by atoms with van der Waals surface area (Å²) in [4.78, 5) is 9.74. The van der Waals surface area contributed by atoms with Crippen LogP contribution in [0.4, 0.5) is 11.4 Å². The van der Waals surface area contributed by atoms with Crippen molar-refractivity contribution in [2.45, 2.75) is 97.3 Å². The SMILES string of the molecule is CCC1CCCC(C)C1c1cc2ccc1N=C=Nc1ccc(cc1C1C(C)CCCC1CC)C2. The zero-order valence-electron chi connectivity index (χ0n) is 21.7. The third-order valence-corrected chi connectivity index (χ3v) is 9.41. The van der Waals surface area contributed by atoms with Gasteiger partial charge >= 0.3 is 0 Å². The summed E-state index contributed by atoms with van der Waals surface area (Å²) in [5.41, 5.74) is 7.86.